The van der Waals surface area contributed by atoms with Crippen molar-refractivity contribution in [3.63, 3.8) is 0 Å². The van der Waals surface area contributed by atoms with E-state index in [1.807, 2.05) is 19.9 Å². The van der Waals surface area contributed by atoms with Crippen LogP contribution >= 0.6 is 0 Å². The highest BCUT2D eigenvalue weighted by Crippen LogP contribution is 2.40. The SMILES string of the molecule is C=CC(=O)N1CCN(c2nc(Oc3c(C)ccnc3C)c(C#N)c3c2CCN(c2cccc4cccc(C)c24)C3)C[C@H]1CC#N. The number of pyridine rings is 2. The molecule has 4 aromatic rings. The number of rotatable bonds is 6. The van der Waals surface area contributed by atoms with Crippen LogP contribution in [0.1, 0.15) is 39.9 Å². The maximum absolute atomic E-state index is 12.6. The van der Waals surface area contributed by atoms with Crippen LogP contribution in [0, 0.1) is 43.4 Å². The number of aromatic nitrogens is 2. The van der Waals surface area contributed by atoms with Crippen LogP contribution in [0.15, 0.2) is 61.3 Å². The van der Waals surface area contributed by atoms with E-state index in [2.05, 4.69) is 76.8 Å². The zero-order valence-electron chi connectivity index (χ0n) is 25.9. The summed E-state index contributed by atoms with van der Waals surface area (Å²) in [5.41, 5.74) is 6.23. The van der Waals surface area contributed by atoms with E-state index < -0.39 is 0 Å². The Bertz CT molecular complexity index is 1880. The highest BCUT2D eigenvalue weighted by atomic mass is 16.5. The van der Waals surface area contributed by atoms with Crippen molar-refractivity contribution in [1.82, 2.24) is 14.9 Å². The van der Waals surface area contributed by atoms with Crippen LogP contribution in [0.5, 0.6) is 11.6 Å². The molecule has 9 heteroatoms. The van der Waals surface area contributed by atoms with Crippen molar-refractivity contribution in [2.75, 3.05) is 36.0 Å². The fraction of sp³-hybridized carbons (Fsp3) is 0.306. The molecular formula is C36H35N7O2. The zero-order chi connectivity index (χ0) is 31.7. The lowest BCUT2D eigenvalue weighted by Crippen LogP contribution is -2.55. The Morgan fingerprint density at radius 2 is 1.84 bits per heavy atom. The molecule has 0 saturated carbocycles. The summed E-state index contributed by atoms with van der Waals surface area (Å²) in [7, 11) is 0. The van der Waals surface area contributed by atoms with Gasteiger partial charge in [0.15, 0.2) is 5.75 Å². The van der Waals surface area contributed by atoms with Crippen LogP contribution in [0.4, 0.5) is 11.5 Å². The summed E-state index contributed by atoms with van der Waals surface area (Å²) in [4.78, 5) is 28.3. The Morgan fingerprint density at radius 3 is 2.58 bits per heavy atom. The van der Waals surface area contributed by atoms with Gasteiger partial charge in [-0.05, 0) is 61.9 Å². The van der Waals surface area contributed by atoms with Gasteiger partial charge in [0.25, 0.3) is 0 Å². The molecule has 0 radical (unpaired) electrons. The molecule has 0 unspecified atom stereocenters. The normalized spacial score (nSPS) is 16.1. The molecule has 2 aromatic heterocycles. The van der Waals surface area contributed by atoms with Gasteiger partial charge in [-0.25, -0.2) is 0 Å². The molecule has 0 bridgehead atoms. The van der Waals surface area contributed by atoms with E-state index in [1.165, 1.54) is 22.4 Å². The largest absolute Gasteiger partial charge is 0.435 e. The summed E-state index contributed by atoms with van der Waals surface area (Å²) in [6, 6.07) is 18.9. The molecule has 1 atom stereocenters. The number of benzene rings is 2. The van der Waals surface area contributed by atoms with Crippen molar-refractivity contribution in [3.05, 3.63) is 94.8 Å². The molecule has 0 aliphatic carbocycles. The first-order chi connectivity index (χ1) is 21.8. The van der Waals surface area contributed by atoms with Gasteiger partial charge in [-0.15, -0.1) is 0 Å². The van der Waals surface area contributed by atoms with Gasteiger partial charge >= 0.3 is 0 Å². The molecule has 2 aromatic carbocycles. The molecule has 9 nitrogen and oxygen atoms in total. The van der Waals surface area contributed by atoms with Gasteiger partial charge in [0.1, 0.15) is 17.5 Å². The fourth-order valence-electron chi connectivity index (χ4n) is 6.68. The predicted octanol–water partition coefficient (Wildman–Crippen LogP) is 5.90. The summed E-state index contributed by atoms with van der Waals surface area (Å²) in [6.45, 7) is 12.3. The first-order valence-electron chi connectivity index (χ1n) is 15.2. The van der Waals surface area contributed by atoms with Crippen molar-refractivity contribution in [2.24, 2.45) is 0 Å². The van der Waals surface area contributed by atoms with Crippen molar-refractivity contribution < 1.29 is 9.53 Å². The quantitative estimate of drug-likeness (QED) is 0.253. The molecule has 1 fully saturated rings. The molecule has 4 heterocycles. The minimum Gasteiger partial charge on any atom is -0.435 e. The van der Waals surface area contributed by atoms with Crippen LogP contribution in [0.2, 0.25) is 0 Å². The minimum absolute atomic E-state index is 0.183. The van der Waals surface area contributed by atoms with Gasteiger partial charge in [-0.3, -0.25) is 9.78 Å². The number of ether oxygens (including phenoxy) is 1. The lowest BCUT2D eigenvalue weighted by molar-refractivity contribution is -0.128. The van der Waals surface area contributed by atoms with Crippen molar-refractivity contribution in [2.45, 2.75) is 46.2 Å². The summed E-state index contributed by atoms with van der Waals surface area (Å²) < 4.78 is 6.47. The smallest absolute Gasteiger partial charge is 0.246 e. The first kappa shape index (κ1) is 29.7. The van der Waals surface area contributed by atoms with Crippen LogP contribution in [0.3, 0.4) is 0 Å². The average Bonchev–Trinajstić information content (AvgIpc) is 3.05. The third-order valence-corrected chi connectivity index (χ3v) is 8.93. The Balaban J connectivity index is 1.48. The number of amides is 1. The average molecular weight is 598 g/mol. The molecule has 45 heavy (non-hydrogen) atoms. The van der Waals surface area contributed by atoms with Crippen molar-refractivity contribution >= 4 is 28.2 Å². The number of nitriles is 2. The molecule has 6 rings (SSSR count). The second kappa shape index (κ2) is 12.3. The number of fused-ring (bicyclic) bond motifs is 2. The monoisotopic (exact) mass is 597 g/mol. The lowest BCUT2D eigenvalue weighted by atomic mass is 9.94. The number of carbonyl (C=O) groups is 1. The molecule has 0 spiro atoms. The molecule has 0 N–H and O–H groups in total. The molecule has 1 amide bonds. The maximum Gasteiger partial charge on any atom is 0.246 e. The standard InChI is InChI=1S/C36H35N7O2/c1-5-32(44)43-19-18-42(21-27(43)12-15-37)35-28-14-17-41(31-11-7-10-26-9-6-8-23(2)33(26)31)22-30(28)29(20-38)36(40-35)45-34-24(3)13-16-39-25(34)4/h5-11,13,16,27H,1,12,14,17-19,21-22H2,2-4H3/t27-/m1/s1. The Hall–Kier alpha value is -5.41. The fourth-order valence-corrected chi connectivity index (χ4v) is 6.68. The van der Waals surface area contributed by atoms with Gasteiger partial charge in [0.2, 0.25) is 11.8 Å². The number of hydrogen-bond donors (Lipinski definition) is 0. The van der Waals surface area contributed by atoms with Gasteiger partial charge in [-0.1, -0.05) is 36.9 Å². The minimum atomic E-state index is -0.312. The van der Waals surface area contributed by atoms with E-state index in [1.54, 1.807) is 11.1 Å². The predicted molar refractivity (Wildman–Crippen MR) is 174 cm³/mol. The number of carbonyl (C=O) groups excluding carboxylic acids is 1. The Kier molecular flexibility index (Phi) is 8.10. The van der Waals surface area contributed by atoms with E-state index in [0.717, 1.165) is 34.7 Å². The Labute approximate surface area is 263 Å². The van der Waals surface area contributed by atoms with E-state index in [-0.39, 0.29) is 24.2 Å². The van der Waals surface area contributed by atoms with Crippen LogP contribution in [0.25, 0.3) is 10.8 Å². The number of piperazine rings is 1. The van der Waals surface area contributed by atoms with Gasteiger partial charge < -0.3 is 19.4 Å². The molecule has 2 aliphatic heterocycles. The van der Waals surface area contributed by atoms with Crippen LogP contribution in [-0.4, -0.2) is 53.0 Å². The topological polar surface area (TPSA) is 109 Å². The van der Waals surface area contributed by atoms with E-state index in [4.69, 9.17) is 9.72 Å². The number of anilines is 2. The third kappa shape index (κ3) is 5.42. The summed E-state index contributed by atoms with van der Waals surface area (Å²) in [6.07, 6.45) is 3.91. The third-order valence-electron chi connectivity index (χ3n) is 8.93. The summed E-state index contributed by atoms with van der Waals surface area (Å²) >= 11 is 0. The molecule has 2 aliphatic rings. The maximum atomic E-state index is 12.6. The zero-order valence-corrected chi connectivity index (χ0v) is 25.9. The first-order valence-corrected chi connectivity index (χ1v) is 15.2. The van der Waals surface area contributed by atoms with Gasteiger partial charge in [0.05, 0.1) is 24.2 Å². The van der Waals surface area contributed by atoms with Gasteiger partial charge in [-0.2, -0.15) is 15.5 Å². The number of nitrogens with zero attached hydrogens (tertiary/aromatic N) is 7. The number of aryl methyl sites for hydroxylation is 3. The van der Waals surface area contributed by atoms with E-state index in [0.29, 0.717) is 49.6 Å². The van der Waals surface area contributed by atoms with Crippen LogP contribution < -0.4 is 14.5 Å². The summed E-state index contributed by atoms with van der Waals surface area (Å²) in [5, 5.41) is 22.6. The second-order valence-electron chi connectivity index (χ2n) is 11.6. The second-order valence-corrected chi connectivity index (χ2v) is 11.6. The highest BCUT2D eigenvalue weighted by Gasteiger charge is 2.34. The van der Waals surface area contributed by atoms with E-state index in [9.17, 15) is 15.3 Å². The highest BCUT2D eigenvalue weighted by molar-refractivity contribution is 5.97. The molecule has 226 valence electrons. The number of hydrogen-bond acceptors (Lipinski definition) is 8. The Morgan fingerprint density at radius 1 is 1.04 bits per heavy atom. The van der Waals surface area contributed by atoms with Crippen LogP contribution in [-0.2, 0) is 17.8 Å². The van der Waals surface area contributed by atoms with Gasteiger partial charge in [0, 0.05) is 61.1 Å². The van der Waals surface area contributed by atoms with Crippen molar-refractivity contribution in [1.29, 1.82) is 10.5 Å². The molecular weight excluding hydrogens is 562 g/mol. The lowest BCUT2D eigenvalue weighted by Gasteiger charge is -2.42. The van der Waals surface area contributed by atoms with E-state index >= 15 is 0 Å². The van der Waals surface area contributed by atoms with Crippen molar-refractivity contribution in [3.8, 4) is 23.8 Å². The summed E-state index contributed by atoms with van der Waals surface area (Å²) in [5.74, 6) is 1.37. The molecule has 1 saturated heterocycles.